The van der Waals surface area contributed by atoms with E-state index in [0.717, 1.165) is 6.42 Å². The summed E-state index contributed by atoms with van der Waals surface area (Å²) < 4.78 is 5.19. The molecule has 0 radical (unpaired) electrons. The second kappa shape index (κ2) is 4.08. The van der Waals surface area contributed by atoms with Gasteiger partial charge in [0.25, 0.3) is 0 Å². The Balaban J connectivity index is 2.44. The number of primary amides is 1. The van der Waals surface area contributed by atoms with Crippen LogP contribution in [0.3, 0.4) is 0 Å². The number of amides is 2. The summed E-state index contributed by atoms with van der Waals surface area (Å²) in [5.41, 5.74) is 4.58. The van der Waals surface area contributed by atoms with Gasteiger partial charge < -0.3 is 15.4 Å². The topological polar surface area (TPSA) is 72.6 Å². The summed E-state index contributed by atoms with van der Waals surface area (Å²) >= 11 is 0. The number of nitrogens with two attached hydrogens (primary N) is 1. The highest BCUT2D eigenvalue weighted by Gasteiger charge is 2.35. The van der Waals surface area contributed by atoms with Crippen LogP contribution in [0.2, 0.25) is 0 Å². The van der Waals surface area contributed by atoms with Crippen molar-refractivity contribution in [3.8, 4) is 0 Å². The van der Waals surface area contributed by atoms with Gasteiger partial charge in [0.05, 0.1) is 0 Å². The Hall–Kier alpha value is -1.26. The largest absolute Gasteiger partial charge is 0.444 e. The molecule has 1 heterocycles. The van der Waals surface area contributed by atoms with Crippen LogP contribution in [0, 0.1) is 0 Å². The van der Waals surface area contributed by atoms with Crippen molar-refractivity contribution in [2.75, 3.05) is 6.54 Å². The number of carbonyl (C=O) groups is 2. The van der Waals surface area contributed by atoms with E-state index in [1.54, 1.807) is 4.90 Å². The van der Waals surface area contributed by atoms with Gasteiger partial charge in [-0.3, -0.25) is 4.79 Å². The molecule has 0 bridgehead atoms. The average molecular weight is 214 g/mol. The van der Waals surface area contributed by atoms with Crippen molar-refractivity contribution in [3.63, 3.8) is 0 Å². The van der Waals surface area contributed by atoms with Crippen molar-refractivity contribution in [3.05, 3.63) is 0 Å². The Morgan fingerprint density at radius 3 is 2.40 bits per heavy atom. The molecule has 2 amide bonds. The normalized spacial score (nSPS) is 20.7. The molecule has 0 unspecified atom stereocenters. The van der Waals surface area contributed by atoms with E-state index in [4.69, 9.17) is 10.5 Å². The summed E-state index contributed by atoms with van der Waals surface area (Å²) in [6.45, 7) is 6.09. The molecule has 0 spiro atoms. The second-order valence-corrected chi connectivity index (χ2v) is 4.79. The standard InChI is InChI=1S/C10H18N2O3/c1-10(2,3)15-9(14)12-5-4-7(12)6-8(11)13/h7H,4-6H2,1-3H3,(H2,11,13)/t7-/m0/s1. The van der Waals surface area contributed by atoms with E-state index in [1.165, 1.54) is 0 Å². The van der Waals surface area contributed by atoms with Crippen molar-refractivity contribution in [2.45, 2.75) is 45.3 Å². The third-order valence-corrected chi connectivity index (χ3v) is 2.21. The smallest absolute Gasteiger partial charge is 0.410 e. The van der Waals surface area contributed by atoms with Crippen LogP contribution in [-0.4, -0.2) is 35.1 Å². The number of hydrogen-bond donors (Lipinski definition) is 1. The van der Waals surface area contributed by atoms with E-state index in [0.29, 0.717) is 6.54 Å². The number of nitrogens with zero attached hydrogens (tertiary/aromatic N) is 1. The third-order valence-electron chi connectivity index (χ3n) is 2.21. The van der Waals surface area contributed by atoms with Crippen molar-refractivity contribution in [2.24, 2.45) is 5.73 Å². The third kappa shape index (κ3) is 3.42. The molecule has 5 nitrogen and oxygen atoms in total. The molecule has 1 saturated heterocycles. The second-order valence-electron chi connectivity index (χ2n) is 4.79. The van der Waals surface area contributed by atoms with Crippen LogP contribution in [0.15, 0.2) is 0 Å². The van der Waals surface area contributed by atoms with Gasteiger partial charge in [-0.25, -0.2) is 4.79 Å². The number of hydrogen-bond acceptors (Lipinski definition) is 3. The summed E-state index contributed by atoms with van der Waals surface area (Å²) in [5.74, 6) is -0.381. The zero-order chi connectivity index (χ0) is 11.6. The molecule has 0 saturated carbocycles. The minimum Gasteiger partial charge on any atom is -0.444 e. The summed E-state index contributed by atoms with van der Waals surface area (Å²) in [5, 5.41) is 0. The van der Waals surface area contributed by atoms with Crippen molar-refractivity contribution in [1.29, 1.82) is 0 Å². The Bertz CT molecular complexity index is 270. The zero-order valence-electron chi connectivity index (χ0n) is 9.45. The van der Waals surface area contributed by atoms with Crippen molar-refractivity contribution < 1.29 is 14.3 Å². The molecule has 86 valence electrons. The molecule has 5 heteroatoms. The molecular formula is C10H18N2O3. The van der Waals surface area contributed by atoms with Gasteiger partial charge in [-0.15, -0.1) is 0 Å². The molecule has 0 aromatic heterocycles. The van der Waals surface area contributed by atoms with E-state index in [2.05, 4.69) is 0 Å². The fourth-order valence-corrected chi connectivity index (χ4v) is 1.45. The van der Waals surface area contributed by atoms with Crippen LogP contribution in [-0.2, 0) is 9.53 Å². The minimum atomic E-state index is -0.496. The van der Waals surface area contributed by atoms with Crippen LogP contribution >= 0.6 is 0 Å². The summed E-state index contributed by atoms with van der Waals surface area (Å²) in [6, 6.07) is -0.0719. The zero-order valence-corrected chi connectivity index (χ0v) is 9.45. The Morgan fingerprint density at radius 2 is 2.07 bits per heavy atom. The highest BCUT2D eigenvalue weighted by Crippen LogP contribution is 2.23. The fraction of sp³-hybridized carbons (Fsp3) is 0.800. The predicted molar refractivity (Wildman–Crippen MR) is 55.2 cm³/mol. The maximum Gasteiger partial charge on any atom is 0.410 e. The molecule has 1 rings (SSSR count). The summed E-state index contributed by atoms with van der Waals surface area (Å²) in [7, 11) is 0. The maximum atomic E-state index is 11.6. The van der Waals surface area contributed by atoms with Gasteiger partial charge in [0.2, 0.25) is 5.91 Å². The first-order chi connectivity index (χ1) is 6.79. The molecule has 0 aromatic rings. The van der Waals surface area contributed by atoms with E-state index < -0.39 is 5.60 Å². The Kier molecular flexibility index (Phi) is 3.21. The van der Waals surface area contributed by atoms with Crippen molar-refractivity contribution in [1.82, 2.24) is 4.90 Å². The molecular weight excluding hydrogens is 196 g/mol. The van der Waals surface area contributed by atoms with Gasteiger partial charge >= 0.3 is 6.09 Å². The van der Waals surface area contributed by atoms with Crippen LogP contribution in [0.4, 0.5) is 4.79 Å². The van der Waals surface area contributed by atoms with Gasteiger partial charge in [-0.2, -0.15) is 0 Å². The lowest BCUT2D eigenvalue weighted by atomic mass is 10.0. The van der Waals surface area contributed by atoms with Gasteiger partial charge in [0.1, 0.15) is 5.60 Å². The molecule has 0 aromatic carbocycles. The number of carbonyl (C=O) groups excluding carboxylic acids is 2. The number of ether oxygens (including phenoxy) is 1. The number of likely N-dealkylation sites (tertiary alicyclic amines) is 1. The quantitative estimate of drug-likeness (QED) is 0.741. The first-order valence-corrected chi connectivity index (χ1v) is 5.07. The lowest BCUT2D eigenvalue weighted by molar-refractivity contribution is -0.120. The van der Waals surface area contributed by atoms with E-state index in [1.807, 2.05) is 20.8 Å². The van der Waals surface area contributed by atoms with Gasteiger partial charge in [0.15, 0.2) is 0 Å². The van der Waals surface area contributed by atoms with E-state index in [9.17, 15) is 9.59 Å². The molecule has 2 N–H and O–H groups in total. The Labute approximate surface area is 89.6 Å². The molecule has 1 atom stereocenters. The number of rotatable bonds is 2. The van der Waals surface area contributed by atoms with Crippen LogP contribution in [0.1, 0.15) is 33.6 Å². The Morgan fingerprint density at radius 1 is 1.47 bits per heavy atom. The van der Waals surface area contributed by atoms with Crippen LogP contribution in [0.5, 0.6) is 0 Å². The first-order valence-electron chi connectivity index (χ1n) is 5.07. The predicted octanol–water partition coefficient (Wildman–Crippen LogP) is 0.871. The average Bonchev–Trinajstić information content (AvgIpc) is 1.93. The molecule has 1 aliphatic heterocycles. The fourth-order valence-electron chi connectivity index (χ4n) is 1.45. The molecule has 0 aliphatic carbocycles. The lowest BCUT2D eigenvalue weighted by Crippen LogP contribution is -2.53. The maximum absolute atomic E-state index is 11.6. The lowest BCUT2D eigenvalue weighted by Gasteiger charge is -2.40. The molecule has 15 heavy (non-hydrogen) atoms. The van der Waals surface area contributed by atoms with Crippen molar-refractivity contribution >= 4 is 12.0 Å². The van der Waals surface area contributed by atoms with Gasteiger partial charge in [-0.05, 0) is 27.2 Å². The van der Waals surface area contributed by atoms with Crippen LogP contribution < -0.4 is 5.73 Å². The SMILES string of the molecule is CC(C)(C)OC(=O)N1CC[C@H]1CC(N)=O. The molecule has 1 fully saturated rings. The first kappa shape index (κ1) is 11.8. The minimum absolute atomic E-state index is 0.0719. The summed E-state index contributed by atoms with van der Waals surface area (Å²) in [4.78, 5) is 23.8. The highest BCUT2D eigenvalue weighted by atomic mass is 16.6. The highest BCUT2D eigenvalue weighted by molar-refractivity contribution is 5.76. The van der Waals surface area contributed by atoms with E-state index >= 15 is 0 Å². The molecule has 1 aliphatic rings. The van der Waals surface area contributed by atoms with E-state index in [-0.39, 0.29) is 24.5 Å². The van der Waals surface area contributed by atoms with Gasteiger partial charge in [-0.1, -0.05) is 0 Å². The monoisotopic (exact) mass is 214 g/mol. The van der Waals surface area contributed by atoms with Crippen LogP contribution in [0.25, 0.3) is 0 Å². The van der Waals surface area contributed by atoms with Gasteiger partial charge in [0, 0.05) is 19.0 Å². The summed E-state index contributed by atoms with van der Waals surface area (Å²) in [6.07, 6.45) is 0.682.